The van der Waals surface area contributed by atoms with E-state index in [1.54, 1.807) is 18.2 Å². The smallest absolute Gasteiger partial charge is 0.273 e. The lowest BCUT2D eigenvalue weighted by molar-refractivity contribution is -0.385. The van der Waals surface area contributed by atoms with E-state index in [1.807, 2.05) is 0 Å². The van der Waals surface area contributed by atoms with Crippen LogP contribution in [-0.4, -0.2) is 10.7 Å². The molecule has 0 bridgehead atoms. The summed E-state index contributed by atoms with van der Waals surface area (Å²) < 4.78 is 0. The standard InChI is InChI=1S/C11H11NO3/c13-11-7-3-5-9(11)8-4-1-2-6-10(8)12(14)15/h1-2,4,6,9H,3,5,7H2. The average molecular weight is 205 g/mol. The number of nitro groups is 1. The second-order valence-electron chi connectivity index (χ2n) is 3.73. The fourth-order valence-corrected chi connectivity index (χ4v) is 2.09. The summed E-state index contributed by atoms with van der Waals surface area (Å²) in [5, 5.41) is 10.8. The number of Topliss-reactive ketones (excluding diaryl/α,β-unsaturated/α-hetero) is 1. The third-order valence-corrected chi connectivity index (χ3v) is 2.81. The van der Waals surface area contributed by atoms with E-state index in [2.05, 4.69) is 0 Å². The van der Waals surface area contributed by atoms with Gasteiger partial charge in [-0.1, -0.05) is 18.2 Å². The lowest BCUT2D eigenvalue weighted by Crippen LogP contribution is -2.06. The van der Waals surface area contributed by atoms with Crippen LogP contribution >= 0.6 is 0 Å². The van der Waals surface area contributed by atoms with E-state index in [0.717, 1.165) is 12.8 Å². The topological polar surface area (TPSA) is 60.2 Å². The van der Waals surface area contributed by atoms with Gasteiger partial charge >= 0.3 is 0 Å². The Labute approximate surface area is 87.1 Å². The number of ketones is 1. The molecule has 1 saturated carbocycles. The number of rotatable bonds is 2. The normalized spacial score (nSPS) is 20.5. The zero-order chi connectivity index (χ0) is 10.8. The largest absolute Gasteiger partial charge is 0.299 e. The zero-order valence-corrected chi connectivity index (χ0v) is 8.18. The molecule has 4 nitrogen and oxygen atoms in total. The summed E-state index contributed by atoms with van der Waals surface area (Å²) >= 11 is 0. The maximum Gasteiger partial charge on any atom is 0.273 e. The second kappa shape index (κ2) is 3.81. The lowest BCUT2D eigenvalue weighted by atomic mass is 9.95. The molecular formula is C11H11NO3. The highest BCUT2D eigenvalue weighted by Gasteiger charge is 2.30. The molecule has 78 valence electrons. The minimum Gasteiger partial charge on any atom is -0.299 e. The van der Waals surface area contributed by atoms with Crippen molar-refractivity contribution in [3.05, 3.63) is 39.9 Å². The molecule has 1 aromatic rings. The minimum atomic E-state index is -0.416. The van der Waals surface area contributed by atoms with Gasteiger partial charge in [-0.2, -0.15) is 0 Å². The van der Waals surface area contributed by atoms with Crippen molar-refractivity contribution in [1.82, 2.24) is 0 Å². The number of carbonyl (C=O) groups is 1. The maximum atomic E-state index is 11.5. The minimum absolute atomic E-state index is 0.0674. The summed E-state index contributed by atoms with van der Waals surface area (Å²) in [5.41, 5.74) is 0.641. The Bertz CT molecular complexity index is 414. The van der Waals surface area contributed by atoms with Crippen molar-refractivity contribution in [2.75, 3.05) is 0 Å². The fraction of sp³-hybridized carbons (Fsp3) is 0.364. The fourth-order valence-electron chi connectivity index (χ4n) is 2.09. The Hall–Kier alpha value is -1.71. The Balaban J connectivity index is 2.42. The summed E-state index contributed by atoms with van der Waals surface area (Å²) in [6, 6.07) is 6.52. The highest BCUT2D eigenvalue weighted by molar-refractivity contribution is 5.88. The van der Waals surface area contributed by atoms with E-state index < -0.39 is 4.92 Å². The number of para-hydroxylation sites is 1. The third-order valence-electron chi connectivity index (χ3n) is 2.81. The maximum absolute atomic E-state index is 11.5. The van der Waals surface area contributed by atoms with Gasteiger partial charge in [0.25, 0.3) is 5.69 Å². The zero-order valence-electron chi connectivity index (χ0n) is 8.18. The first-order valence-corrected chi connectivity index (χ1v) is 4.96. The SMILES string of the molecule is O=C1CCCC1c1ccccc1[N+](=O)[O-]. The van der Waals surface area contributed by atoms with Crippen molar-refractivity contribution >= 4 is 11.5 Å². The average Bonchev–Trinajstić information content (AvgIpc) is 2.64. The van der Waals surface area contributed by atoms with Crippen molar-refractivity contribution in [3.8, 4) is 0 Å². The van der Waals surface area contributed by atoms with Crippen LogP contribution in [-0.2, 0) is 4.79 Å². The van der Waals surface area contributed by atoms with Crippen LogP contribution in [0, 0.1) is 10.1 Å². The number of hydrogen-bond donors (Lipinski definition) is 0. The molecule has 1 aliphatic carbocycles. The van der Waals surface area contributed by atoms with E-state index in [1.165, 1.54) is 6.07 Å². The molecule has 0 heterocycles. The summed E-state index contributed by atoms with van der Waals surface area (Å²) in [5.74, 6) is -0.129. The van der Waals surface area contributed by atoms with Crippen molar-refractivity contribution in [2.45, 2.75) is 25.2 Å². The van der Waals surface area contributed by atoms with Gasteiger partial charge in [0, 0.05) is 24.0 Å². The molecule has 1 atom stereocenters. The van der Waals surface area contributed by atoms with E-state index in [4.69, 9.17) is 0 Å². The van der Waals surface area contributed by atoms with Crippen LogP contribution in [0.3, 0.4) is 0 Å². The molecule has 0 N–H and O–H groups in total. The molecule has 0 aliphatic heterocycles. The first-order valence-electron chi connectivity index (χ1n) is 4.96. The summed E-state index contributed by atoms with van der Waals surface area (Å²) in [7, 11) is 0. The van der Waals surface area contributed by atoms with Crippen LogP contribution in [0.25, 0.3) is 0 Å². The number of nitrogens with zero attached hydrogens (tertiary/aromatic N) is 1. The lowest BCUT2D eigenvalue weighted by Gasteiger charge is -2.07. The third kappa shape index (κ3) is 1.75. The van der Waals surface area contributed by atoms with Gasteiger partial charge < -0.3 is 0 Å². The second-order valence-corrected chi connectivity index (χ2v) is 3.73. The Kier molecular flexibility index (Phi) is 2.49. The first kappa shape index (κ1) is 9.83. The molecular weight excluding hydrogens is 194 g/mol. The van der Waals surface area contributed by atoms with Gasteiger partial charge in [-0.15, -0.1) is 0 Å². The van der Waals surface area contributed by atoms with E-state index in [-0.39, 0.29) is 17.4 Å². The molecule has 0 saturated heterocycles. The first-order chi connectivity index (χ1) is 7.20. The van der Waals surface area contributed by atoms with Gasteiger partial charge in [-0.25, -0.2) is 0 Å². The van der Waals surface area contributed by atoms with Crippen LogP contribution in [0.15, 0.2) is 24.3 Å². The molecule has 1 unspecified atom stereocenters. The van der Waals surface area contributed by atoms with Gasteiger partial charge in [0.15, 0.2) is 0 Å². The highest BCUT2D eigenvalue weighted by Crippen LogP contribution is 2.35. The van der Waals surface area contributed by atoms with Crippen molar-refractivity contribution < 1.29 is 9.72 Å². The van der Waals surface area contributed by atoms with Gasteiger partial charge in [-0.05, 0) is 12.8 Å². The predicted octanol–water partition coefficient (Wildman–Crippen LogP) is 2.43. The van der Waals surface area contributed by atoms with Gasteiger partial charge in [-0.3, -0.25) is 14.9 Å². The van der Waals surface area contributed by atoms with Crippen LogP contribution in [0.2, 0.25) is 0 Å². The number of carbonyl (C=O) groups excluding carboxylic acids is 1. The molecule has 0 radical (unpaired) electrons. The van der Waals surface area contributed by atoms with Crippen molar-refractivity contribution in [2.24, 2.45) is 0 Å². The van der Waals surface area contributed by atoms with Crippen molar-refractivity contribution in [1.29, 1.82) is 0 Å². The van der Waals surface area contributed by atoms with Gasteiger partial charge in [0.2, 0.25) is 0 Å². The predicted molar refractivity (Wildman–Crippen MR) is 54.7 cm³/mol. The Morgan fingerprint density at radius 3 is 2.67 bits per heavy atom. The van der Waals surface area contributed by atoms with E-state index in [0.29, 0.717) is 12.0 Å². The summed E-state index contributed by atoms with van der Waals surface area (Å²) in [6.45, 7) is 0. The van der Waals surface area contributed by atoms with Gasteiger partial charge in [0.1, 0.15) is 5.78 Å². The molecule has 2 rings (SSSR count). The monoisotopic (exact) mass is 205 g/mol. The molecule has 1 fully saturated rings. The Morgan fingerprint density at radius 1 is 1.33 bits per heavy atom. The van der Waals surface area contributed by atoms with E-state index in [9.17, 15) is 14.9 Å². The molecule has 4 heteroatoms. The quantitative estimate of drug-likeness (QED) is 0.550. The van der Waals surface area contributed by atoms with Crippen LogP contribution in [0.4, 0.5) is 5.69 Å². The highest BCUT2D eigenvalue weighted by atomic mass is 16.6. The molecule has 1 aliphatic rings. The molecule has 0 amide bonds. The summed E-state index contributed by atoms with van der Waals surface area (Å²) in [4.78, 5) is 21.9. The molecule has 1 aromatic carbocycles. The van der Waals surface area contributed by atoms with Gasteiger partial charge in [0.05, 0.1) is 4.92 Å². The molecule has 0 aromatic heterocycles. The van der Waals surface area contributed by atoms with E-state index >= 15 is 0 Å². The number of nitro benzene ring substituents is 1. The van der Waals surface area contributed by atoms with Crippen molar-refractivity contribution in [3.63, 3.8) is 0 Å². The van der Waals surface area contributed by atoms with Crippen LogP contribution < -0.4 is 0 Å². The number of benzene rings is 1. The van der Waals surface area contributed by atoms with Crippen LogP contribution in [0.1, 0.15) is 30.7 Å². The Morgan fingerprint density at radius 2 is 2.07 bits per heavy atom. The number of hydrogen-bond acceptors (Lipinski definition) is 3. The summed E-state index contributed by atoms with van der Waals surface area (Å²) in [6.07, 6.45) is 2.13. The molecule has 15 heavy (non-hydrogen) atoms. The van der Waals surface area contributed by atoms with Crippen LogP contribution in [0.5, 0.6) is 0 Å². The molecule has 0 spiro atoms.